The van der Waals surface area contributed by atoms with Crippen molar-refractivity contribution < 1.29 is 9.59 Å². The zero-order chi connectivity index (χ0) is 26.0. The van der Waals surface area contributed by atoms with E-state index in [2.05, 4.69) is 21.2 Å². The number of halogens is 2. The number of hydrogen-bond acceptors (Lipinski definition) is 3. The summed E-state index contributed by atoms with van der Waals surface area (Å²) in [5.41, 5.74) is 3.10. The van der Waals surface area contributed by atoms with E-state index in [0.29, 0.717) is 23.7 Å². The molecule has 0 bridgehead atoms. The number of nitrogens with zero attached hydrogens (tertiary/aromatic N) is 1. The number of benzene rings is 3. The van der Waals surface area contributed by atoms with Crippen LogP contribution >= 0.6 is 39.3 Å². The van der Waals surface area contributed by atoms with E-state index in [9.17, 15) is 9.59 Å². The number of amides is 2. The molecule has 0 radical (unpaired) electrons. The standard InChI is InChI=1S/C30H32BrClN2O2S/c31-25-15-13-23(14-16-25)19-34(29(35)21-37-20-24-9-6-10-26(32)17-24)28(18-22-7-2-1-3-8-22)30(36)33-27-11-4-5-12-27/h1-3,6-10,13-17,27-28H,4-5,11-12,18-21H2,(H,33,36)/t28-/m0/s1. The molecular formula is C30H32BrClN2O2S. The maximum Gasteiger partial charge on any atom is 0.243 e. The molecule has 0 aliphatic heterocycles. The minimum atomic E-state index is -0.592. The Morgan fingerprint density at radius 3 is 2.35 bits per heavy atom. The molecule has 2 amide bonds. The van der Waals surface area contributed by atoms with E-state index in [1.54, 1.807) is 16.7 Å². The van der Waals surface area contributed by atoms with Crippen LogP contribution in [0.5, 0.6) is 0 Å². The molecule has 1 N–H and O–H groups in total. The zero-order valence-electron chi connectivity index (χ0n) is 20.7. The third-order valence-corrected chi connectivity index (χ3v) is 8.37. The highest BCUT2D eigenvalue weighted by atomic mass is 79.9. The minimum absolute atomic E-state index is 0.0440. The van der Waals surface area contributed by atoms with Crippen molar-refractivity contribution >= 4 is 51.1 Å². The monoisotopic (exact) mass is 598 g/mol. The molecule has 1 atom stereocenters. The van der Waals surface area contributed by atoms with Crippen molar-refractivity contribution in [2.75, 3.05) is 5.75 Å². The topological polar surface area (TPSA) is 49.4 Å². The van der Waals surface area contributed by atoms with Crippen molar-refractivity contribution in [3.05, 3.63) is 105 Å². The molecule has 1 saturated carbocycles. The average Bonchev–Trinajstić information content (AvgIpc) is 3.41. The minimum Gasteiger partial charge on any atom is -0.352 e. The average molecular weight is 600 g/mol. The Kier molecular flexibility index (Phi) is 10.5. The summed E-state index contributed by atoms with van der Waals surface area (Å²) in [4.78, 5) is 29.2. The van der Waals surface area contributed by atoms with Crippen molar-refractivity contribution in [2.45, 2.75) is 56.5 Å². The van der Waals surface area contributed by atoms with Crippen LogP contribution in [-0.4, -0.2) is 34.6 Å². The molecular weight excluding hydrogens is 568 g/mol. The van der Waals surface area contributed by atoms with Gasteiger partial charge < -0.3 is 10.2 Å². The van der Waals surface area contributed by atoms with Gasteiger partial charge in [-0.15, -0.1) is 11.8 Å². The predicted octanol–water partition coefficient (Wildman–Crippen LogP) is 7.03. The van der Waals surface area contributed by atoms with Gasteiger partial charge in [-0.25, -0.2) is 0 Å². The largest absolute Gasteiger partial charge is 0.352 e. The molecule has 37 heavy (non-hydrogen) atoms. The molecule has 4 rings (SSSR count). The van der Waals surface area contributed by atoms with Crippen LogP contribution < -0.4 is 5.32 Å². The smallest absolute Gasteiger partial charge is 0.243 e. The van der Waals surface area contributed by atoms with Gasteiger partial charge in [-0.2, -0.15) is 0 Å². The van der Waals surface area contributed by atoms with Crippen molar-refractivity contribution in [2.24, 2.45) is 0 Å². The molecule has 3 aromatic carbocycles. The van der Waals surface area contributed by atoms with Crippen LogP contribution in [0.25, 0.3) is 0 Å². The number of rotatable bonds is 11. The van der Waals surface area contributed by atoms with Gasteiger partial charge in [0.1, 0.15) is 6.04 Å². The van der Waals surface area contributed by atoms with Gasteiger partial charge in [0.25, 0.3) is 0 Å². The summed E-state index contributed by atoms with van der Waals surface area (Å²) in [6.45, 7) is 0.374. The van der Waals surface area contributed by atoms with Crippen molar-refractivity contribution in [1.82, 2.24) is 10.2 Å². The van der Waals surface area contributed by atoms with Crippen molar-refractivity contribution in [3.63, 3.8) is 0 Å². The molecule has 1 fully saturated rings. The summed E-state index contributed by atoms with van der Waals surface area (Å²) < 4.78 is 0.978. The molecule has 0 spiro atoms. The number of carbonyl (C=O) groups is 2. The van der Waals surface area contributed by atoms with Gasteiger partial charge in [-0.3, -0.25) is 9.59 Å². The molecule has 3 aromatic rings. The fourth-order valence-corrected chi connectivity index (χ4v) is 6.01. The molecule has 0 saturated heterocycles. The van der Waals surface area contributed by atoms with Crippen LogP contribution in [0.1, 0.15) is 42.4 Å². The highest BCUT2D eigenvalue weighted by molar-refractivity contribution is 9.10. The number of thioether (sulfide) groups is 1. The summed E-state index contributed by atoms with van der Waals surface area (Å²) >= 11 is 11.2. The summed E-state index contributed by atoms with van der Waals surface area (Å²) in [6, 6.07) is 25.2. The van der Waals surface area contributed by atoms with Crippen LogP contribution in [0.15, 0.2) is 83.3 Å². The third-order valence-electron chi connectivity index (χ3n) is 6.62. The second-order valence-corrected chi connectivity index (χ2v) is 11.8. The number of nitrogens with one attached hydrogen (secondary N) is 1. The quantitative estimate of drug-likeness (QED) is 0.257. The van der Waals surface area contributed by atoms with Gasteiger partial charge in [0.2, 0.25) is 11.8 Å². The summed E-state index contributed by atoms with van der Waals surface area (Å²) in [7, 11) is 0. The Labute approximate surface area is 237 Å². The molecule has 1 aliphatic rings. The van der Waals surface area contributed by atoms with Gasteiger partial charge >= 0.3 is 0 Å². The second kappa shape index (κ2) is 14.0. The summed E-state index contributed by atoms with van der Waals surface area (Å²) in [6.07, 6.45) is 4.74. The van der Waals surface area contributed by atoms with Crippen molar-refractivity contribution in [1.29, 1.82) is 0 Å². The molecule has 0 aromatic heterocycles. The first-order valence-electron chi connectivity index (χ1n) is 12.7. The fourth-order valence-electron chi connectivity index (χ4n) is 4.67. The summed E-state index contributed by atoms with van der Waals surface area (Å²) in [5.74, 6) is 0.847. The zero-order valence-corrected chi connectivity index (χ0v) is 23.9. The van der Waals surface area contributed by atoms with E-state index in [4.69, 9.17) is 11.6 Å². The molecule has 7 heteroatoms. The lowest BCUT2D eigenvalue weighted by Gasteiger charge is -2.32. The fraction of sp³-hybridized carbons (Fsp3) is 0.333. The highest BCUT2D eigenvalue weighted by Gasteiger charge is 2.32. The maximum absolute atomic E-state index is 13.7. The molecule has 1 aliphatic carbocycles. The second-order valence-electron chi connectivity index (χ2n) is 9.47. The number of carbonyl (C=O) groups excluding carboxylic acids is 2. The Morgan fingerprint density at radius 1 is 0.946 bits per heavy atom. The molecule has 4 nitrogen and oxygen atoms in total. The molecule has 194 valence electrons. The van der Waals surface area contributed by atoms with Crippen LogP contribution in [0, 0.1) is 0 Å². The Bertz CT molecular complexity index is 1170. The van der Waals surface area contributed by atoms with E-state index in [-0.39, 0.29) is 23.6 Å². The Morgan fingerprint density at radius 2 is 1.65 bits per heavy atom. The lowest BCUT2D eigenvalue weighted by molar-refractivity contribution is -0.139. The van der Waals surface area contributed by atoms with E-state index in [1.807, 2.05) is 78.9 Å². The molecule has 0 heterocycles. The van der Waals surface area contributed by atoms with E-state index >= 15 is 0 Å². The van der Waals surface area contributed by atoms with E-state index in [0.717, 1.165) is 46.8 Å². The first kappa shape index (κ1) is 27.7. The van der Waals surface area contributed by atoms with Gasteiger partial charge in [-0.1, -0.05) is 95.0 Å². The van der Waals surface area contributed by atoms with Crippen LogP contribution in [0.3, 0.4) is 0 Å². The number of hydrogen-bond donors (Lipinski definition) is 1. The van der Waals surface area contributed by atoms with Gasteiger partial charge in [0, 0.05) is 34.3 Å². The predicted molar refractivity (Wildman–Crippen MR) is 157 cm³/mol. The first-order valence-corrected chi connectivity index (χ1v) is 15.0. The van der Waals surface area contributed by atoms with Crippen LogP contribution in [-0.2, 0) is 28.3 Å². The lowest BCUT2D eigenvalue weighted by atomic mass is 10.0. The lowest BCUT2D eigenvalue weighted by Crippen LogP contribution is -2.52. The van der Waals surface area contributed by atoms with E-state index < -0.39 is 6.04 Å². The van der Waals surface area contributed by atoms with E-state index in [1.165, 1.54) is 0 Å². The van der Waals surface area contributed by atoms with Crippen LogP contribution in [0.2, 0.25) is 5.02 Å². The Balaban J connectivity index is 1.56. The van der Waals surface area contributed by atoms with Gasteiger partial charge in [0.05, 0.1) is 5.75 Å². The SMILES string of the molecule is O=C(NC1CCCC1)[C@H](Cc1ccccc1)N(Cc1ccc(Br)cc1)C(=O)CSCc1cccc(Cl)c1. The molecule has 0 unspecified atom stereocenters. The third kappa shape index (κ3) is 8.62. The van der Waals surface area contributed by atoms with Crippen molar-refractivity contribution in [3.8, 4) is 0 Å². The first-order chi connectivity index (χ1) is 18.0. The van der Waals surface area contributed by atoms with Gasteiger partial charge in [-0.05, 0) is 53.8 Å². The van der Waals surface area contributed by atoms with Crippen LogP contribution in [0.4, 0.5) is 0 Å². The Hall–Kier alpha value is -2.28. The highest BCUT2D eigenvalue weighted by Crippen LogP contribution is 2.22. The van der Waals surface area contributed by atoms with Gasteiger partial charge in [0.15, 0.2) is 0 Å². The summed E-state index contributed by atoms with van der Waals surface area (Å²) in [5, 5.41) is 3.94. The normalized spacial score (nSPS) is 14.3. The maximum atomic E-state index is 13.7.